The van der Waals surface area contributed by atoms with Gasteiger partial charge in [0.2, 0.25) is 0 Å². The first-order valence-corrected chi connectivity index (χ1v) is 13.1. The second-order valence-corrected chi connectivity index (χ2v) is 11.1. The number of piperazine rings is 1. The van der Waals surface area contributed by atoms with E-state index in [4.69, 9.17) is 4.74 Å². The Balaban J connectivity index is 1.18. The molecule has 1 atom stereocenters. The molecule has 2 aromatic heterocycles. The summed E-state index contributed by atoms with van der Waals surface area (Å²) in [7, 11) is -2.90. The van der Waals surface area contributed by atoms with Gasteiger partial charge in [-0.15, -0.1) is 0 Å². The summed E-state index contributed by atoms with van der Waals surface area (Å²) in [6, 6.07) is 11.3. The molecule has 1 aromatic carbocycles. The summed E-state index contributed by atoms with van der Waals surface area (Å²) in [5.74, 6) is 1.12. The van der Waals surface area contributed by atoms with E-state index in [1.54, 1.807) is 12.1 Å². The van der Waals surface area contributed by atoms with Crippen LogP contribution in [0.4, 0.5) is 0 Å². The molecule has 0 spiro atoms. The molecule has 5 rings (SSSR count). The number of hydrogen-bond acceptors (Lipinski definition) is 6. The Morgan fingerprint density at radius 2 is 1.94 bits per heavy atom. The van der Waals surface area contributed by atoms with Crippen LogP contribution in [0.25, 0.3) is 5.65 Å². The Labute approximate surface area is 193 Å². The fourth-order valence-corrected chi connectivity index (χ4v) is 6.40. The molecule has 174 valence electrons. The van der Waals surface area contributed by atoms with Gasteiger partial charge in [-0.2, -0.15) is 0 Å². The number of carbonyl (C=O) groups excluding carboxylic acids is 1. The lowest BCUT2D eigenvalue weighted by Gasteiger charge is -2.37. The van der Waals surface area contributed by atoms with Crippen LogP contribution in [0.2, 0.25) is 0 Å². The van der Waals surface area contributed by atoms with Crippen molar-refractivity contribution < 1.29 is 17.9 Å². The minimum absolute atomic E-state index is 0.0256. The minimum Gasteiger partial charge on any atom is -0.487 e. The molecule has 9 heteroatoms. The van der Waals surface area contributed by atoms with Crippen LogP contribution in [0.1, 0.15) is 28.0 Å². The Kier molecular flexibility index (Phi) is 5.84. The summed E-state index contributed by atoms with van der Waals surface area (Å²) in [5.41, 5.74) is 3.45. The molecule has 8 nitrogen and oxygen atoms in total. The first-order chi connectivity index (χ1) is 15.9. The van der Waals surface area contributed by atoms with Gasteiger partial charge < -0.3 is 14.0 Å². The van der Waals surface area contributed by atoms with Gasteiger partial charge >= 0.3 is 0 Å². The molecule has 0 aliphatic carbocycles. The Morgan fingerprint density at radius 3 is 2.70 bits per heavy atom. The van der Waals surface area contributed by atoms with Crippen LogP contribution >= 0.6 is 0 Å². The third-order valence-electron chi connectivity index (χ3n) is 6.44. The van der Waals surface area contributed by atoms with E-state index in [9.17, 15) is 13.2 Å². The van der Waals surface area contributed by atoms with Crippen molar-refractivity contribution in [3.63, 3.8) is 0 Å². The largest absolute Gasteiger partial charge is 0.487 e. The van der Waals surface area contributed by atoms with Crippen molar-refractivity contribution in [3.8, 4) is 5.75 Å². The average Bonchev–Trinajstić information content (AvgIpc) is 3.39. The maximum atomic E-state index is 13.0. The van der Waals surface area contributed by atoms with Crippen molar-refractivity contribution in [3.05, 3.63) is 65.6 Å². The zero-order chi connectivity index (χ0) is 23.0. The first-order valence-electron chi connectivity index (χ1n) is 11.3. The molecule has 1 unspecified atom stereocenters. The Hall–Kier alpha value is -2.91. The standard InChI is InChI=1S/C24H28N4O4S/c1-18-5-6-23-25-20(15-28(23)14-18)16-32-22-4-2-3-19(13-22)24(29)27-10-8-26(9-11-27)21-7-12-33(30,31)17-21/h2-6,13-15,21H,7-12,16-17H2,1H3. The van der Waals surface area contributed by atoms with E-state index in [-0.39, 0.29) is 23.5 Å². The van der Waals surface area contributed by atoms with Crippen molar-refractivity contribution in [1.82, 2.24) is 19.2 Å². The number of nitrogens with zero attached hydrogens (tertiary/aromatic N) is 4. The predicted molar refractivity (Wildman–Crippen MR) is 125 cm³/mol. The second-order valence-electron chi connectivity index (χ2n) is 8.91. The average molecular weight is 469 g/mol. The number of hydrogen-bond donors (Lipinski definition) is 0. The fourth-order valence-electron chi connectivity index (χ4n) is 4.64. The summed E-state index contributed by atoms with van der Waals surface area (Å²) < 4.78 is 31.4. The van der Waals surface area contributed by atoms with Gasteiger partial charge in [0.05, 0.1) is 17.2 Å². The van der Waals surface area contributed by atoms with Crippen LogP contribution in [0.3, 0.4) is 0 Å². The van der Waals surface area contributed by atoms with Gasteiger partial charge in [-0.1, -0.05) is 12.1 Å². The lowest BCUT2D eigenvalue weighted by molar-refractivity contribution is 0.0587. The third kappa shape index (κ3) is 4.89. The number of aromatic nitrogens is 2. The lowest BCUT2D eigenvalue weighted by Crippen LogP contribution is -2.52. The smallest absolute Gasteiger partial charge is 0.254 e. The highest BCUT2D eigenvalue weighted by Gasteiger charge is 2.34. The molecule has 33 heavy (non-hydrogen) atoms. The van der Waals surface area contributed by atoms with Crippen LogP contribution in [0.5, 0.6) is 5.75 Å². The van der Waals surface area contributed by atoms with Crippen LogP contribution in [-0.4, -0.2) is 77.2 Å². The van der Waals surface area contributed by atoms with Crippen LogP contribution < -0.4 is 4.74 Å². The Bertz CT molecular complexity index is 1280. The van der Waals surface area contributed by atoms with Crippen molar-refractivity contribution in [1.29, 1.82) is 0 Å². The Morgan fingerprint density at radius 1 is 1.12 bits per heavy atom. The maximum absolute atomic E-state index is 13.0. The maximum Gasteiger partial charge on any atom is 0.254 e. The third-order valence-corrected chi connectivity index (χ3v) is 8.19. The zero-order valence-corrected chi connectivity index (χ0v) is 19.5. The van der Waals surface area contributed by atoms with Gasteiger partial charge in [-0.3, -0.25) is 9.69 Å². The van der Waals surface area contributed by atoms with Gasteiger partial charge in [-0.05, 0) is 43.2 Å². The molecule has 2 aliphatic heterocycles. The molecular weight excluding hydrogens is 440 g/mol. The zero-order valence-electron chi connectivity index (χ0n) is 18.7. The molecule has 2 saturated heterocycles. The monoisotopic (exact) mass is 468 g/mol. The van der Waals surface area contributed by atoms with Crippen molar-refractivity contribution in [2.24, 2.45) is 0 Å². The van der Waals surface area contributed by atoms with Gasteiger partial charge in [0.15, 0.2) is 9.84 Å². The van der Waals surface area contributed by atoms with Crippen molar-refractivity contribution >= 4 is 21.4 Å². The highest BCUT2D eigenvalue weighted by molar-refractivity contribution is 7.91. The normalized spacial score (nSPS) is 20.9. The number of pyridine rings is 1. The van der Waals surface area contributed by atoms with Crippen LogP contribution in [0.15, 0.2) is 48.8 Å². The number of imidazole rings is 1. The number of carbonyl (C=O) groups is 1. The molecule has 0 bridgehead atoms. The van der Waals surface area contributed by atoms with Gasteiger partial charge in [0, 0.05) is 50.2 Å². The van der Waals surface area contributed by atoms with Gasteiger partial charge in [-0.25, -0.2) is 13.4 Å². The lowest BCUT2D eigenvalue weighted by atomic mass is 10.1. The molecule has 3 aromatic rings. The molecule has 4 heterocycles. The summed E-state index contributed by atoms with van der Waals surface area (Å²) in [6.45, 7) is 4.96. The van der Waals surface area contributed by atoms with Crippen LogP contribution in [-0.2, 0) is 16.4 Å². The first kappa shape index (κ1) is 21.9. The predicted octanol–water partition coefficient (Wildman–Crippen LogP) is 2.17. The second kappa shape index (κ2) is 8.79. The molecule has 1 amide bonds. The van der Waals surface area contributed by atoms with E-state index in [1.165, 1.54) is 0 Å². The number of aryl methyl sites for hydroxylation is 1. The highest BCUT2D eigenvalue weighted by atomic mass is 32.2. The van der Waals surface area contributed by atoms with Gasteiger partial charge in [0.25, 0.3) is 5.91 Å². The SMILES string of the molecule is Cc1ccc2nc(COc3cccc(C(=O)N4CCN(C5CCS(=O)(=O)C5)CC4)c3)cn2c1. The van der Waals surface area contributed by atoms with E-state index in [1.807, 2.05) is 52.9 Å². The fraction of sp³-hybridized carbons (Fsp3) is 0.417. The molecule has 2 fully saturated rings. The molecule has 0 N–H and O–H groups in total. The molecule has 2 aliphatic rings. The number of rotatable bonds is 5. The summed E-state index contributed by atoms with van der Waals surface area (Å²) >= 11 is 0. The number of benzene rings is 1. The summed E-state index contributed by atoms with van der Waals surface area (Å²) in [4.78, 5) is 21.7. The summed E-state index contributed by atoms with van der Waals surface area (Å²) in [5, 5.41) is 0. The number of ether oxygens (including phenoxy) is 1. The minimum atomic E-state index is -2.90. The number of fused-ring (bicyclic) bond motifs is 1. The topological polar surface area (TPSA) is 84.2 Å². The van der Waals surface area contributed by atoms with E-state index in [2.05, 4.69) is 9.88 Å². The van der Waals surface area contributed by atoms with E-state index >= 15 is 0 Å². The van der Waals surface area contributed by atoms with E-state index in [0.717, 1.165) is 16.9 Å². The quantitative estimate of drug-likeness (QED) is 0.571. The van der Waals surface area contributed by atoms with E-state index < -0.39 is 9.84 Å². The molecule has 0 saturated carbocycles. The molecular formula is C24H28N4O4S. The van der Waals surface area contributed by atoms with Gasteiger partial charge in [0.1, 0.15) is 18.0 Å². The number of amides is 1. The highest BCUT2D eigenvalue weighted by Crippen LogP contribution is 2.21. The number of sulfone groups is 1. The van der Waals surface area contributed by atoms with Crippen LogP contribution in [0, 0.1) is 6.92 Å². The molecule has 0 radical (unpaired) electrons. The van der Waals surface area contributed by atoms with Crippen molar-refractivity contribution in [2.75, 3.05) is 37.7 Å². The van der Waals surface area contributed by atoms with E-state index in [0.29, 0.717) is 50.5 Å². The summed E-state index contributed by atoms with van der Waals surface area (Å²) in [6.07, 6.45) is 4.67. The van der Waals surface area contributed by atoms with Crippen molar-refractivity contribution in [2.45, 2.75) is 26.0 Å².